The first-order chi connectivity index (χ1) is 14.0. The van der Waals surface area contributed by atoms with Gasteiger partial charge in [-0.3, -0.25) is 0 Å². The van der Waals surface area contributed by atoms with Gasteiger partial charge in [-0.2, -0.15) is 0 Å². The largest absolute Gasteiger partial charge is 0.486 e. The fraction of sp³-hybridized carbons (Fsp3) is 0.400. The summed E-state index contributed by atoms with van der Waals surface area (Å²) in [6.07, 6.45) is 0. The lowest BCUT2D eigenvalue weighted by molar-refractivity contribution is -0.937. The molecule has 4 rings (SSSR count). The number of halogens is 1. The number of nitrogens with one attached hydrogen (secondary N) is 2. The highest BCUT2D eigenvalue weighted by Gasteiger charge is 2.29. The third-order valence-corrected chi connectivity index (χ3v) is 6.62. The molecule has 1 atom stereocenters. The van der Waals surface area contributed by atoms with Crippen molar-refractivity contribution in [2.75, 3.05) is 46.1 Å². The van der Waals surface area contributed by atoms with Crippen molar-refractivity contribution < 1.29 is 31.9 Å². The molecular formula is C20H24FN2O5S+. The molecule has 29 heavy (non-hydrogen) atoms. The SMILES string of the molecule is O=S(=O)(NC[C@@H](c1ccc(F)cc1)[NH+]1CCOCC1)c1ccc2c(c1)OCCO2. The second kappa shape index (κ2) is 8.66. The fourth-order valence-corrected chi connectivity index (χ4v) is 4.70. The Balaban J connectivity index is 1.53. The number of hydrogen-bond acceptors (Lipinski definition) is 5. The van der Waals surface area contributed by atoms with Crippen LogP contribution in [0.3, 0.4) is 0 Å². The summed E-state index contributed by atoms with van der Waals surface area (Å²) in [5.41, 5.74) is 0.883. The van der Waals surface area contributed by atoms with Crippen molar-refractivity contribution in [3.05, 3.63) is 53.8 Å². The van der Waals surface area contributed by atoms with Gasteiger partial charge in [0.15, 0.2) is 11.5 Å². The molecule has 0 unspecified atom stereocenters. The molecule has 0 aliphatic carbocycles. The minimum Gasteiger partial charge on any atom is -0.486 e. The van der Waals surface area contributed by atoms with Crippen LogP contribution in [0.15, 0.2) is 47.4 Å². The van der Waals surface area contributed by atoms with Gasteiger partial charge in [0, 0.05) is 11.6 Å². The fourth-order valence-electron chi connectivity index (χ4n) is 3.64. The van der Waals surface area contributed by atoms with Crippen LogP contribution in [0.5, 0.6) is 11.5 Å². The minimum atomic E-state index is -3.75. The van der Waals surface area contributed by atoms with Crippen LogP contribution in [-0.4, -0.2) is 54.5 Å². The quantitative estimate of drug-likeness (QED) is 0.709. The van der Waals surface area contributed by atoms with E-state index < -0.39 is 10.0 Å². The number of benzene rings is 2. The molecule has 2 aromatic carbocycles. The summed E-state index contributed by atoms with van der Waals surface area (Å²) in [6, 6.07) is 10.7. The van der Waals surface area contributed by atoms with E-state index in [0.717, 1.165) is 18.7 Å². The number of fused-ring (bicyclic) bond motifs is 1. The first kappa shape index (κ1) is 20.1. The Kier molecular flexibility index (Phi) is 6.00. The van der Waals surface area contributed by atoms with E-state index in [9.17, 15) is 12.8 Å². The van der Waals surface area contributed by atoms with Crippen molar-refractivity contribution in [3.63, 3.8) is 0 Å². The molecule has 1 fully saturated rings. The molecule has 7 nitrogen and oxygen atoms in total. The molecule has 0 saturated carbocycles. The third-order valence-electron chi connectivity index (χ3n) is 5.20. The van der Waals surface area contributed by atoms with Gasteiger partial charge in [0.1, 0.15) is 38.2 Å². The third kappa shape index (κ3) is 4.69. The number of ether oxygens (including phenoxy) is 3. The minimum absolute atomic E-state index is 0.122. The number of rotatable bonds is 6. The molecular weight excluding hydrogens is 399 g/mol. The zero-order valence-corrected chi connectivity index (χ0v) is 16.7. The lowest BCUT2D eigenvalue weighted by Gasteiger charge is -2.32. The maximum Gasteiger partial charge on any atom is 0.240 e. The predicted octanol–water partition coefficient (Wildman–Crippen LogP) is 0.532. The maximum absolute atomic E-state index is 13.4. The van der Waals surface area contributed by atoms with Crippen LogP contribution in [0.4, 0.5) is 4.39 Å². The predicted molar refractivity (Wildman–Crippen MR) is 103 cm³/mol. The molecule has 0 aromatic heterocycles. The molecule has 156 valence electrons. The summed E-state index contributed by atoms with van der Waals surface area (Å²) < 4.78 is 58.2. The smallest absolute Gasteiger partial charge is 0.240 e. The Labute approximate surface area is 169 Å². The van der Waals surface area contributed by atoms with Crippen molar-refractivity contribution >= 4 is 10.0 Å². The zero-order chi connectivity index (χ0) is 20.3. The topological polar surface area (TPSA) is 78.3 Å². The summed E-state index contributed by atoms with van der Waals surface area (Å²) in [6.45, 7) is 3.76. The van der Waals surface area contributed by atoms with Crippen LogP contribution in [-0.2, 0) is 14.8 Å². The normalized spacial score (nSPS) is 18.4. The van der Waals surface area contributed by atoms with Crippen LogP contribution in [0.25, 0.3) is 0 Å². The van der Waals surface area contributed by atoms with Gasteiger partial charge in [0.2, 0.25) is 10.0 Å². The number of morpholine rings is 1. The van der Waals surface area contributed by atoms with Gasteiger partial charge in [-0.05, 0) is 24.3 Å². The number of sulfonamides is 1. The average molecular weight is 423 g/mol. The van der Waals surface area contributed by atoms with Gasteiger partial charge in [-0.15, -0.1) is 0 Å². The Bertz CT molecular complexity index is 946. The van der Waals surface area contributed by atoms with E-state index in [1.807, 2.05) is 0 Å². The van der Waals surface area contributed by atoms with E-state index in [1.54, 1.807) is 18.2 Å². The maximum atomic E-state index is 13.4. The van der Waals surface area contributed by atoms with Gasteiger partial charge in [0.05, 0.1) is 24.7 Å². The zero-order valence-electron chi connectivity index (χ0n) is 15.9. The Morgan fingerprint density at radius 1 is 0.966 bits per heavy atom. The Morgan fingerprint density at radius 3 is 2.38 bits per heavy atom. The summed E-state index contributed by atoms with van der Waals surface area (Å²) in [5, 5.41) is 0. The van der Waals surface area contributed by atoms with E-state index in [2.05, 4.69) is 4.72 Å². The second-order valence-corrected chi connectivity index (χ2v) is 8.80. The molecule has 0 spiro atoms. The van der Waals surface area contributed by atoms with Crippen molar-refractivity contribution in [1.29, 1.82) is 0 Å². The van der Waals surface area contributed by atoms with Gasteiger partial charge in [-0.1, -0.05) is 12.1 Å². The summed E-state index contributed by atoms with van der Waals surface area (Å²) in [4.78, 5) is 1.32. The molecule has 2 aliphatic rings. The molecule has 2 heterocycles. The second-order valence-electron chi connectivity index (χ2n) is 7.03. The molecule has 2 aliphatic heterocycles. The van der Waals surface area contributed by atoms with Gasteiger partial charge >= 0.3 is 0 Å². The highest BCUT2D eigenvalue weighted by molar-refractivity contribution is 7.89. The van der Waals surface area contributed by atoms with Gasteiger partial charge in [-0.25, -0.2) is 17.5 Å². The van der Waals surface area contributed by atoms with Gasteiger partial charge < -0.3 is 19.1 Å². The van der Waals surface area contributed by atoms with Crippen molar-refractivity contribution in [1.82, 2.24) is 4.72 Å². The van der Waals surface area contributed by atoms with E-state index in [-0.39, 0.29) is 23.3 Å². The van der Waals surface area contributed by atoms with E-state index in [1.165, 1.54) is 29.2 Å². The van der Waals surface area contributed by atoms with E-state index >= 15 is 0 Å². The molecule has 2 N–H and O–H groups in total. The molecule has 0 amide bonds. The lowest BCUT2D eigenvalue weighted by Crippen LogP contribution is -3.15. The van der Waals surface area contributed by atoms with Crippen LogP contribution in [0.2, 0.25) is 0 Å². The number of quaternary nitrogens is 1. The van der Waals surface area contributed by atoms with Crippen molar-refractivity contribution in [2.45, 2.75) is 10.9 Å². The highest BCUT2D eigenvalue weighted by Crippen LogP contribution is 2.32. The van der Waals surface area contributed by atoms with Gasteiger partial charge in [0.25, 0.3) is 0 Å². The van der Waals surface area contributed by atoms with Crippen LogP contribution in [0.1, 0.15) is 11.6 Å². The standard InChI is InChI=1S/C20H23FN2O5S/c21-16-3-1-15(2-4-16)18(23-7-9-26-10-8-23)14-22-29(24,25)17-5-6-19-20(13-17)28-12-11-27-19/h1-6,13,18,22H,7-12,14H2/p+1/t18-/m0/s1. The van der Waals surface area contributed by atoms with Crippen molar-refractivity contribution in [3.8, 4) is 11.5 Å². The number of hydrogen-bond donors (Lipinski definition) is 2. The Morgan fingerprint density at radius 2 is 1.66 bits per heavy atom. The monoisotopic (exact) mass is 423 g/mol. The van der Waals surface area contributed by atoms with Crippen molar-refractivity contribution in [2.24, 2.45) is 0 Å². The molecule has 0 bridgehead atoms. The Hall–Kier alpha value is -2.20. The molecule has 2 aromatic rings. The first-order valence-electron chi connectivity index (χ1n) is 9.60. The van der Waals surface area contributed by atoms with E-state index in [4.69, 9.17) is 14.2 Å². The summed E-state index contributed by atoms with van der Waals surface area (Å²) in [5.74, 6) is 0.645. The van der Waals surface area contributed by atoms with E-state index in [0.29, 0.717) is 37.9 Å². The highest BCUT2D eigenvalue weighted by atomic mass is 32.2. The van der Waals surface area contributed by atoms with Crippen LogP contribution >= 0.6 is 0 Å². The molecule has 1 saturated heterocycles. The summed E-state index contributed by atoms with van der Waals surface area (Å²) >= 11 is 0. The van der Waals surface area contributed by atoms with Crippen LogP contribution in [0, 0.1) is 5.82 Å². The first-order valence-corrected chi connectivity index (χ1v) is 11.1. The molecule has 0 radical (unpaired) electrons. The summed E-state index contributed by atoms with van der Waals surface area (Å²) in [7, 11) is -3.75. The van der Waals surface area contributed by atoms with Crippen LogP contribution < -0.4 is 19.1 Å². The average Bonchev–Trinajstić information content (AvgIpc) is 2.75. The molecule has 9 heteroatoms. The lowest BCUT2D eigenvalue weighted by atomic mass is 10.0.